The summed E-state index contributed by atoms with van der Waals surface area (Å²) in [5.74, 6) is 2.71. The fourth-order valence-corrected chi connectivity index (χ4v) is 1.91. The van der Waals surface area contributed by atoms with Gasteiger partial charge in [-0.05, 0) is 31.6 Å². The number of urea groups is 1. The van der Waals surface area contributed by atoms with E-state index in [1.165, 1.54) is 11.1 Å². The highest BCUT2D eigenvalue weighted by Crippen LogP contribution is 2.06. The van der Waals surface area contributed by atoms with Crippen molar-refractivity contribution in [3.05, 3.63) is 36.1 Å². The van der Waals surface area contributed by atoms with Gasteiger partial charge in [-0.3, -0.25) is 10.1 Å². The van der Waals surface area contributed by atoms with Crippen LogP contribution in [0.5, 0.6) is 0 Å². The molecule has 0 aromatic rings. The molecule has 0 bridgehead atoms. The SMILES string of the molecule is C#CC(=C)/C=C\C(=C/CC)OC(/N=C\CN1CCC(=O)NC1=O)=N/CC. The van der Waals surface area contributed by atoms with Crippen LogP contribution in [0.15, 0.2) is 46.1 Å². The zero-order valence-corrected chi connectivity index (χ0v) is 15.2. The van der Waals surface area contributed by atoms with Crippen LogP contribution in [0.25, 0.3) is 0 Å². The molecular formula is C19H24N4O3. The van der Waals surface area contributed by atoms with Gasteiger partial charge in [0, 0.05) is 31.3 Å². The Bertz CT molecular complexity index is 696. The number of hydrogen-bond acceptors (Lipinski definition) is 4. The molecule has 7 heteroatoms. The molecule has 1 aliphatic heterocycles. The standard InChI is InChI=1S/C19H24N4O3/c1-5-8-16(10-9-15(4)6-2)26-18(20-7-3)21-12-14-23-13-11-17(24)22-19(23)25/h2,8-10,12H,4-5,7,11,13-14H2,1,3H3,(H,22,24,25)/b10-9-,16-8+,20-18+,21-12-. The molecule has 3 amide bonds. The second-order valence-electron chi connectivity index (χ2n) is 5.24. The van der Waals surface area contributed by atoms with Gasteiger partial charge >= 0.3 is 12.1 Å². The monoisotopic (exact) mass is 356 g/mol. The number of amidine groups is 1. The van der Waals surface area contributed by atoms with E-state index in [0.717, 1.165) is 6.42 Å². The van der Waals surface area contributed by atoms with Crippen molar-refractivity contribution in [3.8, 4) is 12.3 Å². The maximum Gasteiger partial charge on any atom is 0.324 e. The summed E-state index contributed by atoms with van der Waals surface area (Å²) < 4.78 is 5.70. The van der Waals surface area contributed by atoms with Crippen LogP contribution in [0.2, 0.25) is 0 Å². The predicted molar refractivity (Wildman–Crippen MR) is 103 cm³/mol. The Hall–Kier alpha value is -3.14. The smallest absolute Gasteiger partial charge is 0.324 e. The van der Waals surface area contributed by atoms with Crippen molar-refractivity contribution in [1.29, 1.82) is 0 Å². The molecule has 7 nitrogen and oxygen atoms in total. The van der Waals surface area contributed by atoms with Crippen LogP contribution in [-0.2, 0) is 9.53 Å². The van der Waals surface area contributed by atoms with Crippen LogP contribution in [0.4, 0.5) is 4.79 Å². The Morgan fingerprint density at radius 3 is 2.81 bits per heavy atom. The highest BCUT2D eigenvalue weighted by atomic mass is 16.5. The van der Waals surface area contributed by atoms with E-state index in [-0.39, 0.29) is 24.9 Å². The Kier molecular flexibility index (Phi) is 9.18. The van der Waals surface area contributed by atoms with Gasteiger partial charge in [0.05, 0.1) is 6.54 Å². The Morgan fingerprint density at radius 2 is 2.19 bits per heavy atom. The zero-order chi connectivity index (χ0) is 19.4. The van der Waals surface area contributed by atoms with Gasteiger partial charge in [-0.25, -0.2) is 14.8 Å². The Morgan fingerprint density at radius 1 is 1.42 bits per heavy atom. The number of terminal acetylenes is 1. The molecule has 0 saturated carbocycles. The molecule has 1 aliphatic rings. The second-order valence-corrected chi connectivity index (χ2v) is 5.24. The summed E-state index contributed by atoms with van der Waals surface area (Å²) in [5, 5.41) is 2.26. The van der Waals surface area contributed by atoms with Gasteiger partial charge in [0.25, 0.3) is 0 Å². The minimum atomic E-state index is -0.426. The first kappa shape index (κ1) is 20.9. The van der Waals surface area contributed by atoms with Crippen LogP contribution in [0, 0.1) is 12.3 Å². The van der Waals surface area contributed by atoms with Gasteiger partial charge < -0.3 is 9.64 Å². The van der Waals surface area contributed by atoms with E-state index in [1.54, 1.807) is 12.2 Å². The Labute approximate surface area is 154 Å². The van der Waals surface area contributed by atoms with E-state index in [0.29, 0.717) is 24.4 Å². The molecular weight excluding hydrogens is 332 g/mol. The minimum Gasteiger partial charge on any atom is -0.425 e. The van der Waals surface area contributed by atoms with Gasteiger partial charge in [-0.1, -0.05) is 19.4 Å². The average molecular weight is 356 g/mol. The predicted octanol–water partition coefficient (Wildman–Crippen LogP) is 2.43. The van der Waals surface area contributed by atoms with E-state index in [9.17, 15) is 9.59 Å². The molecule has 0 aromatic heterocycles. The number of amides is 3. The number of nitrogens with one attached hydrogen (secondary N) is 1. The van der Waals surface area contributed by atoms with Crippen molar-refractivity contribution in [1.82, 2.24) is 10.2 Å². The molecule has 0 aliphatic carbocycles. The molecule has 0 spiro atoms. The lowest BCUT2D eigenvalue weighted by Gasteiger charge is -2.24. The van der Waals surface area contributed by atoms with Crippen molar-refractivity contribution >= 4 is 24.2 Å². The third-order valence-electron chi connectivity index (χ3n) is 3.19. The fourth-order valence-electron chi connectivity index (χ4n) is 1.91. The van der Waals surface area contributed by atoms with Gasteiger partial charge in [0.1, 0.15) is 5.76 Å². The summed E-state index contributed by atoms with van der Waals surface area (Å²) in [7, 11) is 0. The van der Waals surface area contributed by atoms with E-state index >= 15 is 0 Å². The van der Waals surface area contributed by atoms with Crippen LogP contribution < -0.4 is 5.32 Å². The first-order chi connectivity index (χ1) is 12.5. The van der Waals surface area contributed by atoms with E-state index < -0.39 is 6.03 Å². The molecule has 0 aromatic carbocycles. The third-order valence-corrected chi connectivity index (χ3v) is 3.19. The summed E-state index contributed by atoms with van der Waals surface area (Å²) in [6, 6.07) is -0.249. The number of carbonyl (C=O) groups excluding carboxylic acids is 2. The van der Waals surface area contributed by atoms with Gasteiger partial charge in [-0.2, -0.15) is 0 Å². The van der Waals surface area contributed by atoms with Crippen LogP contribution in [0.1, 0.15) is 26.7 Å². The third kappa shape index (κ3) is 7.62. The van der Waals surface area contributed by atoms with E-state index in [2.05, 4.69) is 27.8 Å². The van der Waals surface area contributed by atoms with Crippen molar-refractivity contribution in [2.45, 2.75) is 26.7 Å². The van der Waals surface area contributed by atoms with Crippen LogP contribution >= 0.6 is 0 Å². The molecule has 1 saturated heterocycles. The number of rotatable bonds is 7. The second kappa shape index (κ2) is 11.4. The Balaban J connectivity index is 2.74. The number of nitrogens with zero attached hydrogens (tertiary/aromatic N) is 3. The normalized spacial score (nSPS) is 16.1. The summed E-state index contributed by atoms with van der Waals surface area (Å²) in [5.41, 5.74) is 0.527. The zero-order valence-electron chi connectivity index (χ0n) is 15.2. The lowest BCUT2D eigenvalue weighted by molar-refractivity contribution is -0.121. The van der Waals surface area contributed by atoms with Crippen molar-refractivity contribution in [2.75, 3.05) is 19.6 Å². The molecule has 1 rings (SSSR count). The summed E-state index contributed by atoms with van der Waals surface area (Å²) in [6.07, 6.45) is 13.1. The lowest BCUT2D eigenvalue weighted by Crippen LogP contribution is -2.49. The lowest BCUT2D eigenvalue weighted by atomic mass is 10.2. The van der Waals surface area contributed by atoms with Gasteiger partial charge in [0.15, 0.2) is 0 Å². The number of allylic oxidation sites excluding steroid dienone is 4. The van der Waals surface area contributed by atoms with Crippen LogP contribution in [-0.4, -0.2) is 48.7 Å². The summed E-state index contributed by atoms with van der Waals surface area (Å²) >= 11 is 0. The quantitative estimate of drug-likeness (QED) is 0.250. The molecule has 138 valence electrons. The maximum absolute atomic E-state index is 11.7. The first-order valence-corrected chi connectivity index (χ1v) is 8.37. The molecule has 1 heterocycles. The molecule has 1 fully saturated rings. The summed E-state index contributed by atoms with van der Waals surface area (Å²) in [6.45, 7) is 8.64. The largest absolute Gasteiger partial charge is 0.425 e. The number of ether oxygens (including phenoxy) is 1. The van der Waals surface area contributed by atoms with Crippen molar-refractivity contribution < 1.29 is 14.3 Å². The average Bonchev–Trinajstić information content (AvgIpc) is 2.61. The van der Waals surface area contributed by atoms with Gasteiger partial charge in [0.2, 0.25) is 5.91 Å². The number of imide groups is 1. The van der Waals surface area contributed by atoms with E-state index in [1.807, 2.05) is 19.9 Å². The molecule has 0 atom stereocenters. The number of aliphatic imine (C=N–C) groups is 2. The summed E-state index contributed by atoms with van der Waals surface area (Å²) in [4.78, 5) is 32.7. The fraction of sp³-hybridized carbons (Fsp3) is 0.368. The van der Waals surface area contributed by atoms with E-state index in [4.69, 9.17) is 11.2 Å². The van der Waals surface area contributed by atoms with Crippen LogP contribution in [0.3, 0.4) is 0 Å². The molecule has 0 unspecified atom stereocenters. The molecule has 26 heavy (non-hydrogen) atoms. The van der Waals surface area contributed by atoms with Crippen molar-refractivity contribution in [2.24, 2.45) is 9.98 Å². The number of hydrogen-bond donors (Lipinski definition) is 1. The maximum atomic E-state index is 11.7. The minimum absolute atomic E-state index is 0.177. The molecule has 0 radical (unpaired) electrons. The van der Waals surface area contributed by atoms with Crippen molar-refractivity contribution in [3.63, 3.8) is 0 Å². The van der Waals surface area contributed by atoms with Gasteiger partial charge in [-0.15, -0.1) is 6.42 Å². The first-order valence-electron chi connectivity index (χ1n) is 8.37. The number of carbonyl (C=O) groups is 2. The molecule has 1 N–H and O–H groups in total. The topological polar surface area (TPSA) is 83.4 Å². The highest BCUT2D eigenvalue weighted by molar-refractivity contribution is 5.97. The highest BCUT2D eigenvalue weighted by Gasteiger charge is 2.21.